The Balaban J connectivity index is 0.00000261. The average molecular weight is 414 g/mol. The first kappa shape index (κ1) is 21.4. The monoisotopic (exact) mass is 413 g/mol. The Morgan fingerprint density at radius 3 is 2.78 bits per heavy atom. The molecule has 1 unspecified atom stereocenters. The predicted octanol–water partition coefficient (Wildman–Crippen LogP) is 1.70. The number of carbonyl (C=O) groups is 1. The lowest BCUT2D eigenvalue weighted by atomic mass is 10.1. The molecule has 1 aliphatic rings. The molecule has 2 heterocycles. The average Bonchev–Trinajstić information content (AvgIpc) is 3.14. The molecule has 1 aromatic heterocycles. The largest absolute Gasteiger partial charge is 0.320 e. The summed E-state index contributed by atoms with van der Waals surface area (Å²) in [6.07, 6.45) is 3.91. The second-order valence-corrected chi connectivity index (χ2v) is 8.13. The van der Waals surface area contributed by atoms with Gasteiger partial charge in [0.15, 0.2) is 5.69 Å². The maximum absolute atomic E-state index is 12.5. The number of piperidine rings is 1. The molecule has 148 valence electrons. The van der Waals surface area contributed by atoms with Crippen molar-refractivity contribution in [2.45, 2.75) is 30.7 Å². The van der Waals surface area contributed by atoms with Crippen LogP contribution in [0.25, 0.3) is 0 Å². The van der Waals surface area contributed by atoms with Crippen molar-refractivity contribution in [3.8, 4) is 0 Å². The molecule has 0 aliphatic carbocycles. The van der Waals surface area contributed by atoms with Gasteiger partial charge in [0, 0.05) is 18.4 Å². The number of amides is 1. The van der Waals surface area contributed by atoms with Crippen LogP contribution in [0, 0.1) is 6.92 Å². The first-order valence-corrected chi connectivity index (χ1v) is 10.0. The summed E-state index contributed by atoms with van der Waals surface area (Å²) in [5.41, 5.74) is 1.23. The number of hydrogen-bond acceptors (Lipinski definition) is 5. The number of benzene rings is 1. The molecule has 8 nitrogen and oxygen atoms in total. The molecule has 1 saturated heterocycles. The smallest absolute Gasteiger partial charge is 0.276 e. The SMILES string of the molecule is CNS(=O)(=O)c1cccc(NC(=O)c2ccn(C3CCCNC3)n2)c1C.Cl. The van der Waals surface area contributed by atoms with Crippen LogP contribution in [0.2, 0.25) is 0 Å². The highest BCUT2D eigenvalue weighted by molar-refractivity contribution is 7.89. The molecule has 1 aromatic carbocycles. The molecular weight excluding hydrogens is 390 g/mol. The van der Waals surface area contributed by atoms with E-state index in [1.54, 1.807) is 31.3 Å². The minimum atomic E-state index is -3.59. The summed E-state index contributed by atoms with van der Waals surface area (Å²) in [4.78, 5) is 12.7. The standard InChI is InChI=1S/C17H23N5O3S.ClH/c1-12-14(6-3-7-16(12)26(24,25)18-2)20-17(23)15-8-10-22(21-15)13-5-4-9-19-11-13;/h3,6-8,10,13,18-19H,4-5,9,11H2,1-2H3,(H,20,23);1H. The molecule has 2 aromatic rings. The van der Waals surface area contributed by atoms with E-state index in [2.05, 4.69) is 20.5 Å². The van der Waals surface area contributed by atoms with E-state index in [0.717, 1.165) is 25.9 Å². The molecule has 1 atom stereocenters. The molecule has 0 bridgehead atoms. The van der Waals surface area contributed by atoms with Crippen molar-refractivity contribution in [1.29, 1.82) is 0 Å². The van der Waals surface area contributed by atoms with Gasteiger partial charge in [0.1, 0.15) is 0 Å². The number of hydrogen-bond donors (Lipinski definition) is 3. The van der Waals surface area contributed by atoms with Crippen LogP contribution in [0.5, 0.6) is 0 Å². The minimum absolute atomic E-state index is 0. The molecule has 3 rings (SSSR count). The molecule has 1 fully saturated rings. The van der Waals surface area contributed by atoms with Gasteiger partial charge >= 0.3 is 0 Å². The third-order valence-electron chi connectivity index (χ3n) is 4.58. The van der Waals surface area contributed by atoms with E-state index in [-0.39, 0.29) is 29.3 Å². The Kier molecular flexibility index (Phi) is 6.99. The summed E-state index contributed by atoms with van der Waals surface area (Å²) in [6, 6.07) is 6.69. The minimum Gasteiger partial charge on any atom is -0.320 e. The summed E-state index contributed by atoms with van der Waals surface area (Å²) in [5, 5.41) is 10.5. The number of carbonyl (C=O) groups excluding carboxylic acids is 1. The topological polar surface area (TPSA) is 105 Å². The third kappa shape index (κ3) is 4.67. The van der Waals surface area contributed by atoms with Crippen LogP contribution in [-0.2, 0) is 10.0 Å². The van der Waals surface area contributed by atoms with Crippen molar-refractivity contribution in [3.05, 3.63) is 41.7 Å². The Morgan fingerprint density at radius 2 is 2.11 bits per heavy atom. The first-order valence-electron chi connectivity index (χ1n) is 8.53. The molecular formula is C17H24ClN5O3S. The van der Waals surface area contributed by atoms with Crippen LogP contribution in [0.1, 0.15) is 34.9 Å². The van der Waals surface area contributed by atoms with Crippen molar-refractivity contribution in [1.82, 2.24) is 19.8 Å². The van der Waals surface area contributed by atoms with Gasteiger partial charge in [0.05, 0.1) is 10.9 Å². The summed E-state index contributed by atoms with van der Waals surface area (Å²) in [7, 11) is -2.24. The van der Waals surface area contributed by atoms with Crippen molar-refractivity contribution in [2.24, 2.45) is 0 Å². The first-order chi connectivity index (χ1) is 12.4. The van der Waals surface area contributed by atoms with E-state index in [1.165, 1.54) is 13.1 Å². The highest BCUT2D eigenvalue weighted by atomic mass is 35.5. The van der Waals surface area contributed by atoms with Gasteiger partial charge in [-0.1, -0.05) is 6.07 Å². The normalized spacial score (nSPS) is 17.2. The van der Waals surface area contributed by atoms with E-state index < -0.39 is 10.0 Å². The highest BCUT2D eigenvalue weighted by Crippen LogP contribution is 2.23. The van der Waals surface area contributed by atoms with Crippen LogP contribution in [-0.4, -0.2) is 44.2 Å². The van der Waals surface area contributed by atoms with Gasteiger partial charge in [-0.2, -0.15) is 5.10 Å². The van der Waals surface area contributed by atoms with Gasteiger partial charge in [-0.05, 0) is 57.1 Å². The number of nitrogens with zero attached hydrogens (tertiary/aromatic N) is 2. The number of aromatic nitrogens is 2. The highest BCUT2D eigenvalue weighted by Gasteiger charge is 2.20. The molecule has 27 heavy (non-hydrogen) atoms. The fourth-order valence-corrected chi connectivity index (χ4v) is 4.05. The predicted molar refractivity (Wildman–Crippen MR) is 106 cm³/mol. The van der Waals surface area contributed by atoms with Crippen molar-refractivity contribution in [3.63, 3.8) is 0 Å². The summed E-state index contributed by atoms with van der Waals surface area (Å²) in [6.45, 7) is 3.51. The summed E-state index contributed by atoms with van der Waals surface area (Å²) in [5.74, 6) is -0.366. The lowest BCUT2D eigenvalue weighted by Gasteiger charge is -2.22. The number of nitrogens with one attached hydrogen (secondary N) is 3. The quantitative estimate of drug-likeness (QED) is 0.691. The van der Waals surface area contributed by atoms with Crippen molar-refractivity contribution >= 4 is 34.0 Å². The van der Waals surface area contributed by atoms with E-state index in [4.69, 9.17) is 0 Å². The maximum Gasteiger partial charge on any atom is 0.276 e. The van der Waals surface area contributed by atoms with Crippen LogP contribution < -0.4 is 15.4 Å². The number of sulfonamides is 1. The van der Waals surface area contributed by atoms with Crippen molar-refractivity contribution in [2.75, 3.05) is 25.5 Å². The molecule has 1 amide bonds. The zero-order valence-electron chi connectivity index (χ0n) is 15.2. The molecule has 0 spiro atoms. The Hall–Kier alpha value is -1.94. The Bertz CT molecular complexity index is 907. The van der Waals surface area contributed by atoms with Gasteiger partial charge < -0.3 is 10.6 Å². The van der Waals surface area contributed by atoms with Gasteiger partial charge in [-0.3, -0.25) is 9.48 Å². The van der Waals surface area contributed by atoms with E-state index >= 15 is 0 Å². The lowest BCUT2D eigenvalue weighted by Crippen LogP contribution is -2.32. The van der Waals surface area contributed by atoms with Gasteiger partial charge in [-0.15, -0.1) is 12.4 Å². The zero-order chi connectivity index (χ0) is 18.7. The second-order valence-electron chi connectivity index (χ2n) is 6.27. The molecule has 3 N–H and O–H groups in total. The lowest BCUT2D eigenvalue weighted by molar-refractivity contribution is 0.102. The molecule has 0 radical (unpaired) electrons. The van der Waals surface area contributed by atoms with E-state index in [9.17, 15) is 13.2 Å². The van der Waals surface area contributed by atoms with Gasteiger partial charge in [0.2, 0.25) is 10.0 Å². The molecule has 10 heteroatoms. The fraction of sp³-hybridized carbons (Fsp3) is 0.412. The number of halogens is 1. The fourth-order valence-electron chi connectivity index (χ4n) is 3.06. The number of anilines is 1. The summed E-state index contributed by atoms with van der Waals surface area (Å²) < 4.78 is 28.2. The van der Waals surface area contributed by atoms with Crippen LogP contribution in [0.4, 0.5) is 5.69 Å². The van der Waals surface area contributed by atoms with Crippen LogP contribution in [0.3, 0.4) is 0 Å². The van der Waals surface area contributed by atoms with Gasteiger partial charge in [-0.25, -0.2) is 13.1 Å². The molecule has 1 aliphatic heterocycles. The summed E-state index contributed by atoms with van der Waals surface area (Å²) >= 11 is 0. The second kappa shape index (κ2) is 8.83. The third-order valence-corrected chi connectivity index (χ3v) is 6.14. The van der Waals surface area contributed by atoms with Gasteiger partial charge in [0.25, 0.3) is 5.91 Å². The number of rotatable bonds is 5. The van der Waals surface area contributed by atoms with Crippen LogP contribution >= 0.6 is 12.4 Å². The maximum atomic E-state index is 12.5. The Labute approximate surface area is 165 Å². The van der Waals surface area contributed by atoms with Crippen molar-refractivity contribution < 1.29 is 13.2 Å². The zero-order valence-corrected chi connectivity index (χ0v) is 16.9. The van der Waals surface area contributed by atoms with E-state index in [1.807, 2.05) is 4.68 Å². The van der Waals surface area contributed by atoms with E-state index in [0.29, 0.717) is 16.9 Å². The molecule has 0 saturated carbocycles. The Morgan fingerprint density at radius 1 is 1.33 bits per heavy atom. The van der Waals surface area contributed by atoms with Crippen LogP contribution in [0.15, 0.2) is 35.4 Å².